The van der Waals surface area contributed by atoms with E-state index in [-0.39, 0.29) is 17.4 Å². The molecule has 1 aromatic carbocycles. The minimum absolute atomic E-state index is 0.0578. The van der Waals surface area contributed by atoms with Crippen LogP contribution in [-0.4, -0.2) is 35.3 Å². The van der Waals surface area contributed by atoms with Crippen molar-refractivity contribution in [1.29, 1.82) is 0 Å². The van der Waals surface area contributed by atoms with Crippen molar-refractivity contribution in [2.75, 3.05) is 0 Å². The van der Waals surface area contributed by atoms with Gasteiger partial charge < -0.3 is 5.32 Å². The van der Waals surface area contributed by atoms with Crippen LogP contribution in [0, 0.1) is 13.8 Å². The molecular weight excluding hydrogens is 358 g/mol. The van der Waals surface area contributed by atoms with E-state index in [4.69, 9.17) is 0 Å². The summed E-state index contributed by atoms with van der Waals surface area (Å²) in [5, 5.41) is 9.97. The minimum Gasteiger partial charge on any atom is -0.345 e. The van der Waals surface area contributed by atoms with Gasteiger partial charge in [-0.15, -0.1) is 0 Å². The van der Waals surface area contributed by atoms with Crippen LogP contribution in [0.2, 0.25) is 0 Å². The fourth-order valence-electron chi connectivity index (χ4n) is 3.20. The van der Waals surface area contributed by atoms with Gasteiger partial charge in [0.25, 0.3) is 17.2 Å². The van der Waals surface area contributed by atoms with Gasteiger partial charge in [0.2, 0.25) is 0 Å². The van der Waals surface area contributed by atoms with E-state index in [9.17, 15) is 9.59 Å². The highest BCUT2D eigenvalue weighted by molar-refractivity contribution is 5.93. The van der Waals surface area contributed by atoms with Crippen molar-refractivity contribution in [2.45, 2.75) is 26.8 Å². The van der Waals surface area contributed by atoms with Crippen LogP contribution in [0.1, 0.15) is 40.1 Å². The van der Waals surface area contributed by atoms with Crippen molar-refractivity contribution in [3.63, 3.8) is 0 Å². The normalized spacial score (nSPS) is 12.2. The van der Waals surface area contributed by atoms with Gasteiger partial charge in [0.1, 0.15) is 11.9 Å². The first-order chi connectivity index (χ1) is 13.5. The Labute approximate surface area is 160 Å². The number of rotatable bonds is 4. The van der Waals surface area contributed by atoms with E-state index < -0.39 is 11.5 Å². The summed E-state index contributed by atoms with van der Waals surface area (Å²) in [4.78, 5) is 33.0. The maximum absolute atomic E-state index is 12.6. The number of hydrogen-bond donors (Lipinski definition) is 2. The number of amides is 1. The Bertz CT molecular complexity index is 1230. The molecule has 142 valence electrons. The number of hydrogen-bond acceptors (Lipinski definition) is 5. The molecule has 4 aromatic rings. The van der Waals surface area contributed by atoms with Crippen LogP contribution in [-0.2, 0) is 0 Å². The number of H-pyrrole nitrogens is 1. The molecule has 0 aliphatic carbocycles. The summed E-state index contributed by atoms with van der Waals surface area (Å²) in [6.07, 6.45) is 4.32. The van der Waals surface area contributed by atoms with E-state index >= 15 is 0 Å². The highest BCUT2D eigenvalue weighted by atomic mass is 16.2. The third kappa shape index (κ3) is 2.86. The molecule has 1 unspecified atom stereocenters. The Morgan fingerprint density at radius 3 is 2.75 bits per heavy atom. The van der Waals surface area contributed by atoms with Crippen molar-refractivity contribution in [3.05, 3.63) is 75.7 Å². The second-order valence-corrected chi connectivity index (χ2v) is 6.58. The van der Waals surface area contributed by atoms with Crippen LogP contribution >= 0.6 is 0 Å². The van der Waals surface area contributed by atoms with Crippen molar-refractivity contribution in [2.24, 2.45) is 0 Å². The number of carbonyl (C=O) groups is 1. The molecule has 0 spiro atoms. The van der Waals surface area contributed by atoms with E-state index in [1.54, 1.807) is 6.20 Å². The number of aromatic amines is 1. The van der Waals surface area contributed by atoms with Crippen molar-refractivity contribution in [3.8, 4) is 5.69 Å². The van der Waals surface area contributed by atoms with Gasteiger partial charge in [-0.05, 0) is 32.4 Å². The van der Waals surface area contributed by atoms with Crippen LogP contribution in [0.4, 0.5) is 0 Å². The monoisotopic (exact) mass is 377 g/mol. The summed E-state index contributed by atoms with van der Waals surface area (Å²) >= 11 is 0. The average molecular weight is 377 g/mol. The van der Waals surface area contributed by atoms with Crippen LogP contribution in [0.3, 0.4) is 0 Å². The molecule has 4 rings (SSSR count). The SMILES string of the molecule is Cc1ccccc1-n1ncc(C(C)NC(=O)c2cnc3nc[nH]n3c2=O)c1C. The van der Waals surface area contributed by atoms with Gasteiger partial charge in [0.15, 0.2) is 0 Å². The van der Waals surface area contributed by atoms with E-state index in [1.807, 2.05) is 49.7 Å². The topological polar surface area (TPSA) is 110 Å². The van der Waals surface area contributed by atoms with Gasteiger partial charge in [0, 0.05) is 17.5 Å². The molecule has 3 heterocycles. The third-order valence-corrected chi connectivity index (χ3v) is 4.76. The number of para-hydroxylation sites is 1. The lowest BCUT2D eigenvalue weighted by Crippen LogP contribution is -2.33. The van der Waals surface area contributed by atoms with Gasteiger partial charge in [-0.3, -0.25) is 14.7 Å². The molecule has 1 amide bonds. The van der Waals surface area contributed by atoms with Crippen molar-refractivity contribution < 1.29 is 4.79 Å². The zero-order valence-electron chi connectivity index (χ0n) is 15.7. The first kappa shape index (κ1) is 17.7. The Morgan fingerprint density at radius 1 is 1.18 bits per heavy atom. The molecule has 0 fully saturated rings. The molecule has 0 saturated carbocycles. The Balaban J connectivity index is 1.61. The van der Waals surface area contributed by atoms with Gasteiger partial charge in [0.05, 0.1) is 17.9 Å². The molecule has 9 heteroatoms. The predicted molar refractivity (Wildman–Crippen MR) is 103 cm³/mol. The molecule has 9 nitrogen and oxygen atoms in total. The molecule has 0 bridgehead atoms. The van der Waals surface area contributed by atoms with E-state index in [0.29, 0.717) is 0 Å². The second-order valence-electron chi connectivity index (χ2n) is 6.58. The van der Waals surface area contributed by atoms with Crippen LogP contribution in [0.15, 0.2) is 47.8 Å². The summed E-state index contributed by atoms with van der Waals surface area (Å²) in [5.74, 6) is -0.290. The third-order valence-electron chi connectivity index (χ3n) is 4.76. The largest absolute Gasteiger partial charge is 0.345 e. The maximum atomic E-state index is 12.6. The highest BCUT2D eigenvalue weighted by Crippen LogP contribution is 2.22. The average Bonchev–Trinajstić information content (AvgIpc) is 3.29. The molecule has 28 heavy (non-hydrogen) atoms. The smallest absolute Gasteiger partial charge is 0.286 e. The van der Waals surface area contributed by atoms with E-state index in [0.717, 1.165) is 27.0 Å². The number of fused-ring (bicyclic) bond motifs is 1. The number of carbonyl (C=O) groups excluding carboxylic acids is 1. The molecule has 0 aliphatic heterocycles. The maximum Gasteiger partial charge on any atom is 0.286 e. The molecular formula is C19H19N7O2. The lowest BCUT2D eigenvalue weighted by Gasteiger charge is -2.14. The minimum atomic E-state index is -0.503. The summed E-state index contributed by atoms with van der Waals surface area (Å²) in [5.41, 5.74) is 3.31. The molecule has 0 radical (unpaired) electrons. The Hall–Kier alpha value is -3.75. The molecule has 0 aliphatic rings. The second kappa shape index (κ2) is 6.76. The van der Waals surface area contributed by atoms with E-state index in [2.05, 4.69) is 25.5 Å². The van der Waals surface area contributed by atoms with Crippen molar-refractivity contribution in [1.82, 2.24) is 34.7 Å². The van der Waals surface area contributed by atoms with Crippen molar-refractivity contribution >= 4 is 11.7 Å². The summed E-state index contributed by atoms with van der Waals surface area (Å²) < 4.78 is 2.97. The van der Waals surface area contributed by atoms with E-state index in [1.165, 1.54) is 12.5 Å². The first-order valence-electron chi connectivity index (χ1n) is 8.80. The zero-order chi connectivity index (χ0) is 19.8. The predicted octanol–water partition coefficient (Wildman–Crippen LogP) is 1.71. The lowest BCUT2D eigenvalue weighted by molar-refractivity contribution is 0.0937. The number of nitrogens with one attached hydrogen (secondary N) is 2. The number of aryl methyl sites for hydroxylation is 1. The van der Waals surface area contributed by atoms with Crippen LogP contribution < -0.4 is 10.9 Å². The number of nitrogens with zero attached hydrogens (tertiary/aromatic N) is 5. The van der Waals surface area contributed by atoms with Gasteiger partial charge >= 0.3 is 0 Å². The Morgan fingerprint density at radius 2 is 1.96 bits per heavy atom. The van der Waals surface area contributed by atoms with Gasteiger partial charge in [-0.25, -0.2) is 14.6 Å². The Kier molecular flexibility index (Phi) is 4.26. The quantitative estimate of drug-likeness (QED) is 0.563. The molecule has 1 atom stereocenters. The summed E-state index contributed by atoms with van der Waals surface area (Å²) in [6, 6.07) is 7.61. The molecule has 3 aromatic heterocycles. The summed E-state index contributed by atoms with van der Waals surface area (Å²) in [7, 11) is 0. The summed E-state index contributed by atoms with van der Waals surface area (Å²) in [6.45, 7) is 5.82. The number of benzene rings is 1. The van der Waals surface area contributed by atoms with Gasteiger partial charge in [-0.1, -0.05) is 18.2 Å². The zero-order valence-corrected chi connectivity index (χ0v) is 15.7. The lowest BCUT2D eigenvalue weighted by atomic mass is 10.1. The highest BCUT2D eigenvalue weighted by Gasteiger charge is 2.20. The fraction of sp³-hybridized carbons (Fsp3) is 0.211. The number of aromatic nitrogens is 6. The molecule has 2 N–H and O–H groups in total. The van der Waals surface area contributed by atoms with Gasteiger partial charge in [-0.2, -0.15) is 9.61 Å². The standard InChI is InChI=1S/C19H19N7O2/c1-11-6-4-5-7-16(11)25-13(3)14(9-22-25)12(2)24-17(27)15-8-20-19-21-10-23-26(19)18(15)28/h4-10,12H,1-3H3,(H,24,27)(H,20,21,23). The van der Waals surface area contributed by atoms with Crippen LogP contribution in [0.25, 0.3) is 11.5 Å². The van der Waals surface area contributed by atoms with Crippen LogP contribution in [0.5, 0.6) is 0 Å². The molecule has 0 saturated heterocycles. The first-order valence-corrected chi connectivity index (χ1v) is 8.80. The fourth-order valence-corrected chi connectivity index (χ4v) is 3.20.